The van der Waals surface area contributed by atoms with Crippen LogP contribution in [-0.4, -0.2) is 10.9 Å². The van der Waals surface area contributed by atoms with Crippen LogP contribution in [0, 0.1) is 18.6 Å². The molecule has 0 saturated heterocycles. The molecule has 0 atom stereocenters. The standard InChI is InChI=1S/C25H20F2N2O/c1-16-22(14-24(30)28-15-17-11-19(26)13-20(27)12-17)25(18-7-3-2-4-8-18)21-9-5-6-10-23(21)29-16/h2-13H,14-15H2,1H3,(H,28,30). The number of nitrogens with one attached hydrogen (secondary N) is 1. The highest BCUT2D eigenvalue weighted by Crippen LogP contribution is 2.33. The molecule has 0 unspecified atom stereocenters. The van der Waals surface area contributed by atoms with Crippen molar-refractivity contribution in [3.05, 3.63) is 101 Å². The van der Waals surface area contributed by atoms with Crippen LogP contribution in [0.25, 0.3) is 22.0 Å². The molecule has 5 heteroatoms. The molecular formula is C25H20F2N2O. The van der Waals surface area contributed by atoms with Crippen molar-refractivity contribution in [2.75, 3.05) is 0 Å². The molecule has 0 saturated carbocycles. The topological polar surface area (TPSA) is 42.0 Å². The fourth-order valence-electron chi connectivity index (χ4n) is 3.66. The molecule has 0 fully saturated rings. The maximum absolute atomic E-state index is 13.4. The van der Waals surface area contributed by atoms with Crippen LogP contribution < -0.4 is 5.32 Å². The summed E-state index contributed by atoms with van der Waals surface area (Å²) in [5, 5.41) is 3.73. The highest BCUT2D eigenvalue weighted by atomic mass is 19.1. The summed E-state index contributed by atoms with van der Waals surface area (Å²) in [4.78, 5) is 17.4. The lowest BCUT2D eigenvalue weighted by atomic mass is 9.92. The van der Waals surface area contributed by atoms with Crippen LogP contribution in [0.3, 0.4) is 0 Å². The van der Waals surface area contributed by atoms with Gasteiger partial charge in [0, 0.05) is 23.7 Å². The van der Waals surface area contributed by atoms with E-state index in [-0.39, 0.29) is 18.9 Å². The van der Waals surface area contributed by atoms with Gasteiger partial charge in [0.1, 0.15) is 11.6 Å². The zero-order valence-corrected chi connectivity index (χ0v) is 16.5. The first-order valence-electron chi connectivity index (χ1n) is 9.66. The molecule has 0 radical (unpaired) electrons. The smallest absolute Gasteiger partial charge is 0.224 e. The molecule has 1 N–H and O–H groups in total. The number of pyridine rings is 1. The molecule has 0 bridgehead atoms. The number of hydrogen-bond acceptors (Lipinski definition) is 2. The Bertz CT molecular complexity index is 1200. The second-order valence-corrected chi connectivity index (χ2v) is 7.17. The van der Waals surface area contributed by atoms with Gasteiger partial charge in [0.05, 0.1) is 11.9 Å². The van der Waals surface area contributed by atoms with Crippen LogP contribution in [0.15, 0.2) is 72.8 Å². The number of rotatable bonds is 5. The molecule has 0 aliphatic carbocycles. The first-order chi connectivity index (χ1) is 14.5. The van der Waals surface area contributed by atoms with E-state index in [1.165, 1.54) is 12.1 Å². The highest BCUT2D eigenvalue weighted by Gasteiger charge is 2.17. The number of hydrogen-bond donors (Lipinski definition) is 1. The Balaban J connectivity index is 1.66. The van der Waals surface area contributed by atoms with Gasteiger partial charge in [-0.1, -0.05) is 48.5 Å². The third-order valence-electron chi connectivity index (χ3n) is 5.01. The molecule has 3 aromatic carbocycles. The number of para-hydroxylation sites is 1. The summed E-state index contributed by atoms with van der Waals surface area (Å²) in [6.45, 7) is 1.94. The zero-order chi connectivity index (χ0) is 21.1. The van der Waals surface area contributed by atoms with Crippen molar-refractivity contribution in [2.45, 2.75) is 19.9 Å². The molecule has 1 heterocycles. The van der Waals surface area contributed by atoms with Gasteiger partial charge in [0.25, 0.3) is 0 Å². The fourth-order valence-corrected chi connectivity index (χ4v) is 3.66. The van der Waals surface area contributed by atoms with Crippen molar-refractivity contribution in [3.8, 4) is 11.1 Å². The molecule has 4 rings (SSSR count). The molecule has 4 aromatic rings. The van der Waals surface area contributed by atoms with E-state index in [0.29, 0.717) is 5.56 Å². The molecule has 0 spiro atoms. The summed E-state index contributed by atoms with van der Waals surface area (Å²) in [7, 11) is 0. The minimum atomic E-state index is -0.666. The number of halogens is 2. The van der Waals surface area contributed by atoms with Crippen molar-refractivity contribution >= 4 is 16.8 Å². The number of aromatic nitrogens is 1. The molecule has 0 aliphatic rings. The van der Waals surface area contributed by atoms with Gasteiger partial charge in [-0.2, -0.15) is 0 Å². The molecule has 3 nitrogen and oxygen atoms in total. The van der Waals surface area contributed by atoms with Gasteiger partial charge in [-0.15, -0.1) is 0 Å². The maximum atomic E-state index is 13.4. The van der Waals surface area contributed by atoms with Crippen molar-refractivity contribution in [2.24, 2.45) is 0 Å². The third kappa shape index (κ3) is 4.20. The SMILES string of the molecule is Cc1nc2ccccc2c(-c2ccccc2)c1CC(=O)NCc1cc(F)cc(F)c1. The number of carbonyl (C=O) groups excluding carboxylic acids is 1. The quantitative estimate of drug-likeness (QED) is 0.489. The number of fused-ring (bicyclic) bond motifs is 1. The van der Waals surface area contributed by atoms with Gasteiger partial charge in [-0.25, -0.2) is 8.78 Å². The Labute approximate surface area is 173 Å². The van der Waals surface area contributed by atoms with Crippen LogP contribution in [0.2, 0.25) is 0 Å². The van der Waals surface area contributed by atoms with E-state index in [9.17, 15) is 13.6 Å². The van der Waals surface area contributed by atoms with E-state index < -0.39 is 11.6 Å². The lowest BCUT2D eigenvalue weighted by Gasteiger charge is -2.16. The minimum Gasteiger partial charge on any atom is -0.352 e. The van der Waals surface area contributed by atoms with E-state index in [1.54, 1.807) is 0 Å². The van der Waals surface area contributed by atoms with Crippen LogP contribution in [0.5, 0.6) is 0 Å². The monoisotopic (exact) mass is 402 g/mol. The van der Waals surface area contributed by atoms with Gasteiger partial charge in [0.2, 0.25) is 5.91 Å². The molecule has 1 aromatic heterocycles. The summed E-state index contributed by atoms with van der Waals surface area (Å²) in [5.41, 5.74) is 4.84. The fraction of sp³-hybridized carbons (Fsp3) is 0.120. The number of carbonyl (C=O) groups is 1. The second kappa shape index (κ2) is 8.41. The van der Waals surface area contributed by atoms with Crippen LogP contribution in [0.1, 0.15) is 16.8 Å². The largest absolute Gasteiger partial charge is 0.352 e. The number of benzene rings is 3. The summed E-state index contributed by atoms with van der Waals surface area (Å²) < 4.78 is 26.8. The van der Waals surface area contributed by atoms with Gasteiger partial charge in [0.15, 0.2) is 0 Å². The van der Waals surface area contributed by atoms with Crippen LogP contribution >= 0.6 is 0 Å². The molecule has 30 heavy (non-hydrogen) atoms. The Hall–Kier alpha value is -3.60. The van der Waals surface area contributed by atoms with Crippen molar-refractivity contribution in [3.63, 3.8) is 0 Å². The average molecular weight is 402 g/mol. The predicted molar refractivity (Wildman–Crippen MR) is 114 cm³/mol. The van der Waals surface area contributed by atoms with Crippen molar-refractivity contribution < 1.29 is 13.6 Å². The molecule has 1 amide bonds. The summed E-state index contributed by atoms with van der Waals surface area (Å²) >= 11 is 0. The van der Waals surface area contributed by atoms with Gasteiger partial charge < -0.3 is 5.32 Å². The second-order valence-electron chi connectivity index (χ2n) is 7.17. The molecule has 0 aliphatic heterocycles. The Morgan fingerprint density at radius 2 is 1.60 bits per heavy atom. The summed E-state index contributed by atoms with van der Waals surface area (Å²) in [6.07, 6.45) is 0.117. The van der Waals surface area contributed by atoms with E-state index >= 15 is 0 Å². The van der Waals surface area contributed by atoms with Crippen LogP contribution in [0.4, 0.5) is 8.78 Å². The Kier molecular flexibility index (Phi) is 5.53. The third-order valence-corrected chi connectivity index (χ3v) is 5.01. The maximum Gasteiger partial charge on any atom is 0.224 e. The molecule has 150 valence electrons. The van der Waals surface area contributed by atoms with Crippen LogP contribution in [-0.2, 0) is 17.8 Å². The van der Waals surface area contributed by atoms with E-state index in [4.69, 9.17) is 0 Å². The van der Waals surface area contributed by atoms with E-state index in [2.05, 4.69) is 10.3 Å². The van der Waals surface area contributed by atoms with E-state index in [0.717, 1.165) is 39.4 Å². The number of amides is 1. The number of aryl methyl sites for hydroxylation is 1. The average Bonchev–Trinajstić information content (AvgIpc) is 2.73. The lowest BCUT2D eigenvalue weighted by Crippen LogP contribution is -2.25. The van der Waals surface area contributed by atoms with Gasteiger partial charge >= 0.3 is 0 Å². The van der Waals surface area contributed by atoms with Gasteiger partial charge in [-0.05, 0) is 47.4 Å². The lowest BCUT2D eigenvalue weighted by molar-refractivity contribution is -0.120. The number of nitrogens with zero attached hydrogens (tertiary/aromatic N) is 1. The Morgan fingerprint density at radius 3 is 2.33 bits per heavy atom. The summed E-state index contributed by atoms with van der Waals surface area (Å²) in [5.74, 6) is -1.57. The van der Waals surface area contributed by atoms with Crippen molar-refractivity contribution in [1.82, 2.24) is 10.3 Å². The normalized spacial score (nSPS) is 10.9. The van der Waals surface area contributed by atoms with Crippen molar-refractivity contribution in [1.29, 1.82) is 0 Å². The first kappa shape index (κ1) is 19.7. The predicted octanol–water partition coefficient (Wildman–Crippen LogP) is 5.35. The minimum absolute atomic E-state index is 0.0498. The van der Waals surface area contributed by atoms with E-state index in [1.807, 2.05) is 61.5 Å². The first-order valence-corrected chi connectivity index (χ1v) is 9.66. The Morgan fingerprint density at radius 1 is 0.933 bits per heavy atom. The molecular weight excluding hydrogens is 382 g/mol. The van der Waals surface area contributed by atoms with Gasteiger partial charge in [-0.3, -0.25) is 9.78 Å². The summed E-state index contributed by atoms with van der Waals surface area (Å²) in [6, 6.07) is 21.0. The highest BCUT2D eigenvalue weighted by molar-refractivity contribution is 5.98. The zero-order valence-electron chi connectivity index (χ0n) is 16.5.